The number of carbonyl (C=O) groups is 2. The first-order valence-corrected chi connectivity index (χ1v) is 7.57. The van der Waals surface area contributed by atoms with Gasteiger partial charge in [-0.1, -0.05) is 20.8 Å². The van der Waals surface area contributed by atoms with Crippen molar-refractivity contribution < 1.29 is 19.8 Å². The maximum atomic E-state index is 12.3. The molecule has 122 valence electrons. The molecule has 4 N–H and O–H groups in total. The summed E-state index contributed by atoms with van der Waals surface area (Å²) in [6.45, 7) is 7.07. The molecule has 0 aromatic rings. The van der Waals surface area contributed by atoms with E-state index in [4.69, 9.17) is 10.8 Å². The number of amides is 1. The van der Waals surface area contributed by atoms with E-state index in [0.717, 1.165) is 6.42 Å². The van der Waals surface area contributed by atoms with Gasteiger partial charge in [-0.2, -0.15) is 0 Å². The Balaban J connectivity index is 2.61. The number of likely N-dealkylation sites (tertiary alicyclic amines) is 1. The molecule has 1 aliphatic rings. The number of β-amino-alcohol motifs (C(OH)–C–C–N with tert-alkyl or cyclic N) is 1. The quantitative estimate of drug-likeness (QED) is 0.674. The van der Waals surface area contributed by atoms with E-state index in [1.54, 1.807) is 0 Å². The third kappa shape index (κ3) is 4.97. The summed E-state index contributed by atoms with van der Waals surface area (Å²) in [6, 6.07) is -0.893. The predicted octanol–water partition coefficient (Wildman–Crippen LogP) is 0.824. The zero-order valence-corrected chi connectivity index (χ0v) is 13.2. The summed E-state index contributed by atoms with van der Waals surface area (Å²) in [5.41, 5.74) is 5.69. The van der Waals surface area contributed by atoms with Gasteiger partial charge in [0, 0.05) is 19.4 Å². The molecule has 6 nitrogen and oxygen atoms in total. The first kappa shape index (κ1) is 17.9. The molecule has 0 bridgehead atoms. The van der Waals surface area contributed by atoms with Crippen molar-refractivity contribution in [2.75, 3.05) is 13.1 Å². The maximum Gasteiger partial charge on any atom is 0.326 e. The number of aliphatic carboxylic acids is 1. The second-order valence-corrected chi connectivity index (χ2v) is 6.97. The lowest BCUT2D eigenvalue weighted by molar-refractivity contribution is -0.148. The number of nitrogens with two attached hydrogens (primary N) is 1. The number of hydrogen-bond donors (Lipinski definition) is 3. The summed E-state index contributed by atoms with van der Waals surface area (Å²) in [7, 11) is 0. The first-order chi connectivity index (χ1) is 9.66. The fraction of sp³-hybridized carbons (Fsp3) is 0.867. The molecule has 1 heterocycles. The van der Waals surface area contributed by atoms with Crippen LogP contribution in [0.4, 0.5) is 0 Å². The summed E-state index contributed by atoms with van der Waals surface area (Å²) in [5.74, 6) is -0.915. The van der Waals surface area contributed by atoms with Crippen molar-refractivity contribution in [3.05, 3.63) is 0 Å². The molecule has 21 heavy (non-hydrogen) atoms. The summed E-state index contributed by atoms with van der Waals surface area (Å²) < 4.78 is 0. The standard InChI is InChI=1S/C15H28N2O4/c1-15(2,3)10(6-7-16)4-5-13(19)17-9-11(18)8-12(17)14(20)21/h10-12,18H,4-9,16H2,1-3H3,(H,20,21)/t10?,11-,12-/m1/s1. The molecular weight excluding hydrogens is 272 g/mol. The Hall–Kier alpha value is -1.14. The van der Waals surface area contributed by atoms with Crippen LogP contribution in [0, 0.1) is 11.3 Å². The highest BCUT2D eigenvalue weighted by atomic mass is 16.4. The maximum absolute atomic E-state index is 12.3. The molecule has 1 amide bonds. The molecule has 0 spiro atoms. The Morgan fingerprint density at radius 2 is 1.95 bits per heavy atom. The largest absolute Gasteiger partial charge is 0.480 e. The SMILES string of the molecule is CC(C)(C)C(CCN)CCC(=O)N1C[C@H](O)C[C@@H]1C(=O)O. The van der Waals surface area contributed by atoms with Gasteiger partial charge in [-0.3, -0.25) is 4.79 Å². The summed E-state index contributed by atoms with van der Waals surface area (Å²) in [5, 5.41) is 18.7. The van der Waals surface area contributed by atoms with Crippen LogP contribution < -0.4 is 5.73 Å². The molecule has 0 saturated carbocycles. The van der Waals surface area contributed by atoms with Crippen molar-refractivity contribution in [2.45, 2.75) is 58.6 Å². The number of carboxylic acids is 1. The third-order valence-electron chi connectivity index (χ3n) is 4.33. The number of aliphatic hydroxyl groups is 1. The van der Waals surface area contributed by atoms with Gasteiger partial charge in [-0.25, -0.2) is 4.79 Å². The van der Waals surface area contributed by atoms with Crippen LogP contribution in [-0.2, 0) is 9.59 Å². The lowest BCUT2D eigenvalue weighted by Gasteiger charge is -2.31. The number of aliphatic hydroxyl groups excluding tert-OH is 1. The highest BCUT2D eigenvalue weighted by Gasteiger charge is 2.39. The van der Waals surface area contributed by atoms with Crippen molar-refractivity contribution in [3.63, 3.8) is 0 Å². The van der Waals surface area contributed by atoms with Crippen molar-refractivity contribution in [1.82, 2.24) is 4.90 Å². The molecule has 1 rings (SSSR count). The van der Waals surface area contributed by atoms with Crippen LogP contribution in [0.1, 0.15) is 46.5 Å². The number of rotatable bonds is 6. The predicted molar refractivity (Wildman–Crippen MR) is 79.6 cm³/mol. The fourth-order valence-electron chi connectivity index (χ4n) is 2.98. The Morgan fingerprint density at radius 1 is 1.33 bits per heavy atom. The van der Waals surface area contributed by atoms with E-state index >= 15 is 0 Å². The zero-order valence-electron chi connectivity index (χ0n) is 13.2. The molecule has 0 aliphatic carbocycles. The Bertz CT molecular complexity index is 378. The Kier molecular flexibility index (Phi) is 6.16. The van der Waals surface area contributed by atoms with Crippen LogP contribution in [0.3, 0.4) is 0 Å². The topological polar surface area (TPSA) is 104 Å². The van der Waals surface area contributed by atoms with Crippen molar-refractivity contribution in [1.29, 1.82) is 0 Å². The van der Waals surface area contributed by atoms with Crippen molar-refractivity contribution in [3.8, 4) is 0 Å². The summed E-state index contributed by atoms with van der Waals surface area (Å²) in [4.78, 5) is 24.7. The molecule has 6 heteroatoms. The summed E-state index contributed by atoms with van der Waals surface area (Å²) >= 11 is 0. The lowest BCUT2D eigenvalue weighted by Crippen LogP contribution is -2.41. The molecule has 3 atom stereocenters. The molecule has 1 unspecified atom stereocenters. The van der Waals surface area contributed by atoms with E-state index in [1.165, 1.54) is 4.90 Å². The van der Waals surface area contributed by atoms with Crippen molar-refractivity contribution >= 4 is 11.9 Å². The number of nitrogens with zero attached hydrogens (tertiary/aromatic N) is 1. The molecule has 0 aromatic heterocycles. The van der Waals surface area contributed by atoms with E-state index < -0.39 is 18.1 Å². The van der Waals surface area contributed by atoms with Crippen LogP contribution in [0.15, 0.2) is 0 Å². The van der Waals surface area contributed by atoms with E-state index in [0.29, 0.717) is 25.3 Å². The van der Waals surface area contributed by atoms with Crippen LogP contribution in [0.25, 0.3) is 0 Å². The van der Waals surface area contributed by atoms with E-state index in [-0.39, 0.29) is 24.3 Å². The lowest BCUT2D eigenvalue weighted by atomic mass is 9.76. The van der Waals surface area contributed by atoms with E-state index in [9.17, 15) is 14.7 Å². The fourth-order valence-corrected chi connectivity index (χ4v) is 2.98. The number of hydrogen-bond acceptors (Lipinski definition) is 4. The second kappa shape index (κ2) is 7.22. The van der Waals surface area contributed by atoms with Gasteiger partial charge in [0.05, 0.1) is 6.10 Å². The van der Waals surface area contributed by atoms with E-state index in [1.807, 2.05) is 0 Å². The number of carboxylic acid groups (broad SMARTS) is 1. The van der Waals surface area contributed by atoms with Gasteiger partial charge in [0.2, 0.25) is 5.91 Å². The molecule has 1 aliphatic heterocycles. The highest BCUT2D eigenvalue weighted by molar-refractivity contribution is 5.84. The van der Waals surface area contributed by atoms with Gasteiger partial charge in [0.15, 0.2) is 0 Å². The van der Waals surface area contributed by atoms with Gasteiger partial charge in [-0.15, -0.1) is 0 Å². The first-order valence-electron chi connectivity index (χ1n) is 7.57. The van der Waals surface area contributed by atoms with Gasteiger partial charge in [0.1, 0.15) is 6.04 Å². The van der Waals surface area contributed by atoms with Crippen LogP contribution >= 0.6 is 0 Å². The van der Waals surface area contributed by atoms with Gasteiger partial charge >= 0.3 is 5.97 Å². The minimum Gasteiger partial charge on any atom is -0.480 e. The Morgan fingerprint density at radius 3 is 2.43 bits per heavy atom. The van der Waals surface area contributed by atoms with Gasteiger partial charge < -0.3 is 20.8 Å². The van der Waals surface area contributed by atoms with Crippen LogP contribution in [-0.4, -0.2) is 52.2 Å². The zero-order chi connectivity index (χ0) is 16.2. The van der Waals surface area contributed by atoms with Crippen LogP contribution in [0.5, 0.6) is 0 Å². The third-order valence-corrected chi connectivity index (χ3v) is 4.33. The van der Waals surface area contributed by atoms with Crippen molar-refractivity contribution in [2.24, 2.45) is 17.1 Å². The summed E-state index contributed by atoms with van der Waals surface area (Å²) in [6.07, 6.45) is 1.23. The smallest absolute Gasteiger partial charge is 0.326 e. The van der Waals surface area contributed by atoms with Gasteiger partial charge in [0.25, 0.3) is 0 Å². The molecule has 0 aromatic carbocycles. The molecule has 0 radical (unpaired) electrons. The molecular formula is C15H28N2O4. The minimum absolute atomic E-state index is 0.0658. The highest BCUT2D eigenvalue weighted by Crippen LogP contribution is 2.32. The average molecular weight is 300 g/mol. The minimum atomic E-state index is -1.05. The Labute approximate surface area is 126 Å². The average Bonchev–Trinajstić information content (AvgIpc) is 2.75. The van der Waals surface area contributed by atoms with Crippen LogP contribution in [0.2, 0.25) is 0 Å². The van der Waals surface area contributed by atoms with Gasteiger partial charge in [-0.05, 0) is 30.7 Å². The monoisotopic (exact) mass is 300 g/mol. The normalized spacial score (nSPS) is 24.1. The number of carbonyl (C=O) groups excluding carboxylic acids is 1. The van der Waals surface area contributed by atoms with E-state index in [2.05, 4.69) is 20.8 Å². The molecule has 1 saturated heterocycles. The second-order valence-electron chi connectivity index (χ2n) is 6.97. The molecule has 1 fully saturated rings.